The summed E-state index contributed by atoms with van der Waals surface area (Å²) in [5.74, 6) is -2.02. The Hall–Kier alpha value is -3.51. The Balaban J connectivity index is 1.62. The predicted octanol–water partition coefficient (Wildman–Crippen LogP) is -0.144. The highest BCUT2D eigenvalue weighted by molar-refractivity contribution is 5.93. The minimum Gasteiger partial charge on any atom is -0.381 e. The molecule has 0 saturated carbocycles. The van der Waals surface area contributed by atoms with Gasteiger partial charge in [-0.25, -0.2) is 0 Å². The smallest absolute Gasteiger partial charge is 0.251 e. The van der Waals surface area contributed by atoms with Crippen LogP contribution in [0.5, 0.6) is 0 Å². The van der Waals surface area contributed by atoms with E-state index in [1.165, 1.54) is 11.9 Å². The molecule has 42 heavy (non-hydrogen) atoms. The second-order valence-electron chi connectivity index (χ2n) is 11.8. The molecular formula is C30H43N5O7. The van der Waals surface area contributed by atoms with Crippen LogP contribution in [0.1, 0.15) is 38.7 Å². The maximum atomic E-state index is 13.6. The van der Waals surface area contributed by atoms with E-state index in [1.54, 1.807) is 4.90 Å². The van der Waals surface area contributed by atoms with Gasteiger partial charge in [-0.3, -0.25) is 24.0 Å². The van der Waals surface area contributed by atoms with E-state index in [9.17, 15) is 24.0 Å². The zero-order chi connectivity index (χ0) is 30.2. The van der Waals surface area contributed by atoms with Crippen LogP contribution in [0.25, 0.3) is 0 Å². The standard InChI is InChI=1S/C30H43N5O7/c1-19(2)13-23-27(37)31-15-22-16-35(29(39)21-9-11-41-12-10-21)17-25(42-22)28(38)33-24(14-20-7-5-4-6-8-20)30(40)34(3)18-26(36)32-23/h4-8,19,21-25H,9-18H2,1-3H3,(H,31,37)(H,32,36)(H,33,38)/t22-,23+,24-,25-/m1/s1. The van der Waals surface area contributed by atoms with Crippen LogP contribution < -0.4 is 16.0 Å². The van der Waals surface area contributed by atoms with Crippen LogP contribution in [0.2, 0.25) is 0 Å². The molecule has 5 amide bonds. The lowest BCUT2D eigenvalue weighted by Crippen LogP contribution is -2.60. The third-order valence-corrected chi connectivity index (χ3v) is 7.86. The Bertz CT molecular complexity index is 1120. The van der Waals surface area contributed by atoms with E-state index in [1.807, 2.05) is 44.2 Å². The summed E-state index contributed by atoms with van der Waals surface area (Å²) in [6.07, 6.45) is 0.101. The van der Waals surface area contributed by atoms with E-state index in [2.05, 4.69) is 16.0 Å². The van der Waals surface area contributed by atoms with E-state index in [0.717, 1.165) is 5.56 Å². The van der Waals surface area contributed by atoms with Gasteiger partial charge in [0.1, 0.15) is 12.1 Å². The zero-order valence-corrected chi connectivity index (χ0v) is 24.7. The second kappa shape index (κ2) is 14.6. The largest absolute Gasteiger partial charge is 0.381 e. The molecule has 3 heterocycles. The number of nitrogens with one attached hydrogen (secondary N) is 3. The summed E-state index contributed by atoms with van der Waals surface area (Å²) >= 11 is 0. The van der Waals surface area contributed by atoms with Gasteiger partial charge in [-0.1, -0.05) is 44.2 Å². The van der Waals surface area contributed by atoms with Gasteiger partial charge in [-0.2, -0.15) is 0 Å². The first-order chi connectivity index (χ1) is 20.1. The number of rotatable bonds is 5. The molecule has 12 nitrogen and oxygen atoms in total. The molecule has 2 bridgehead atoms. The van der Waals surface area contributed by atoms with E-state index in [0.29, 0.717) is 32.5 Å². The Morgan fingerprint density at radius 2 is 1.69 bits per heavy atom. The number of nitrogens with zero attached hydrogens (tertiary/aromatic N) is 2. The fourth-order valence-corrected chi connectivity index (χ4v) is 5.63. The maximum Gasteiger partial charge on any atom is 0.251 e. The Morgan fingerprint density at radius 1 is 0.976 bits per heavy atom. The van der Waals surface area contributed by atoms with Crippen LogP contribution in [-0.4, -0.2) is 110 Å². The van der Waals surface area contributed by atoms with Crippen molar-refractivity contribution in [1.29, 1.82) is 0 Å². The molecular weight excluding hydrogens is 542 g/mol. The van der Waals surface area contributed by atoms with Gasteiger partial charge in [-0.05, 0) is 30.7 Å². The summed E-state index contributed by atoms with van der Waals surface area (Å²) in [5, 5.41) is 8.45. The number of ether oxygens (including phenoxy) is 2. The molecule has 0 aliphatic carbocycles. The summed E-state index contributed by atoms with van der Waals surface area (Å²) in [4.78, 5) is 69.7. The number of carbonyl (C=O) groups excluding carboxylic acids is 5. The normalized spacial score (nSPS) is 27.0. The lowest BCUT2D eigenvalue weighted by molar-refractivity contribution is -0.160. The van der Waals surface area contributed by atoms with Crippen LogP contribution in [0.15, 0.2) is 30.3 Å². The average Bonchev–Trinajstić information content (AvgIpc) is 2.98. The van der Waals surface area contributed by atoms with Crippen molar-refractivity contribution in [2.24, 2.45) is 11.8 Å². The van der Waals surface area contributed by atoms with E-state index < -0.39 is 42.0 Å². The topological polar surface area (TPSA) is 146 Å². The average molecular weight is 586 g/mol. The molecule has 3 aliphatic heterocycles. The van der Waals surface area contributed by atoms with Crippen LogP contribution >= 0.6 is 0 Å². The van der Waals surface area contributed by atoms with Crippen molar-refractivity contribution in [3.8, 4) is 0 Å². The fourth-order valence-electron chi connectivity index (χ4n) is 5.63. The SMILES string of the molecule is CC(C)C[C@@H]1NC(=O)CN(C)C(=O)[C@@H](Cc2ccccc2)NC(=O)[C@H]2CN(C(=O)C3CCOCC3)C[C@@H](CNC1=O)O2. The highest BCUT2D eigenvalue weighted by atomic mass is 16.5. The number of fused-ring (bicyclic) bond motifs is 2. The van der Waals surface area contributed by atoms with Crippen molar-refractivity contribution in [3.63, 3.8) is 0 Å². The summed E-state index contributed by atoms with van der Waals surface area (Å²) in [5.41, 5.74) is 0.831. The van der Waals surface area contributed by atoms with Crippen molar-refractivity contribution in [1.82, 2.24) is 25.8 Å². The molecule has 12 heteroatoms. The molecule has 3 aliphatic rings. The van der Waals surface area contributed by atoms with Crippen molar-refractivity contribution >= 4 is 29.5 Å². The van der Waals surface area contributed by atoms with Gasteiger partial charge in [0.2, 0.25) is 23.6 Å². The number of carbonyl (C=O) groups is 5. The molecule has 4 atom stereocenters. The van der Waals surface area contributed by atoms with Gasteiger partial charge in [-0.15, -0.1) is 0 Å². The third kappa shape index (κ3) is 8.51. The number of hydrogen-bond donors (Lipinski definition) is 3. The van der Waals surface area contributed by atoms with Crippen molar-refractivity contribution in [3.05, 3.63) is 35.9 Å². The van der Waals surface area contributed by atoms with Gasteiger partial charge in [0.05, 0.1) is 19.2 Å². The first-order valence-electron chi connectivity index (χ1n) is 14.8. The first kappa shape index (κ1) is 31.4. The minimum atomic E-state index is -1.04. The molecule has 3 saturated heterocycles. The van der Waals surface area contributed by atoms with Gasteiger partial charge >= 0.3 is 0 Å². The van der Waals surface area contributed by atoms with Crippen LogP contribution in [0, 0.1) is 11.8 Å². The molecule has 3 fully saturated rings. The minimum absolute atomic E-state index is 0.0323. The summed E-state index contributed by atoms with van der Waals surface area (Å²) in [6.45, 7) is 4.92. The van der Waals surface area contributed by atoms with E-state index in [-0.39, 0.29) is 56.3 Å². The Morgan fingerprint density at radius 3 is 2.38 bits per heavy atom. The van der Waals surface area contributed by atoms with E-state index >= 15 is 0 Å². The molecule has 1 aromatic carbocycles. The maximum absolute atomic E-state index is 13.6. The first-order valence-corrected chi connectivity index (χ1v) is 14.8. The lowest BCUT2D eigenvalue weighted by atomic mass is 9.97. The van der Waals surface area contributed by atoms with Gasteiger partial charge in [0.25, 0.3) is 5.91 Å². The number of benzene rings is 1. The molecule has 4 rings (SSSR count). The lowest BCUT2D eigenvalue weighted by Gasteiger charge is -2.40. The molecule has 0 spiro atoms. The van der Waals surface area contributed by atoms with Crippen LogP contribution in [0.4, 0.5) is 0 Å². The Kier molecular flexibility index (Phi) is 10.9. The van der Waals surface area contributed by atoms with Crippen LogP contribution in [0.3, 0.4) is 0 Å². The monoisotopic (exact) mass is 585 g/mol. The number of morpholine rings is 1. The van der Waals surface area contributed by atoms with Crippen molar-refractivity contribution in [2.45, 2.75) is 63.8 Å². The quantitative estimate of drug-likeness (QED) is 0.436. The summed E-state index contributed by atoms with van der Waals surface area (Å²) in [7, 11) is 1.49. The van der Waals surface area contributed by atoms with E-state index in [4.69, 9.17) is 9.47 Å². The van der Waals surface area contributed by atoms with Gasteiger partial charge in [0.15, 0.2) is 6.10 Å². The number of hydrogen-bond acceptors (Lipinski definition) is 7. The molecule has 3 N–H and O–H groups in total. The fraction of sp³-hybridized carbons (Fsp3) is 0.633. The zero-order valence-electron chi connectivity index (χ0n) is 24.7. The van der Waals surface area contributed by atoms with Gasteiger partial charge < -0.3 is 35.2 Å². The molecule has 230 valence electrons. The third-order valence-electron chi connectivity index (χ3n) is 7.86. The van der Waals surface area contributed by atoms with Gasteiger partial charge in [0, 0.05) is 45.7 Å². The predicted molar refractivity (Wildman–Crippen MR) is 153 cm³/mol. The highest BCUT2D eigenvalue weighted by Crippen LogP contribution is 2.21. The molecule has 1 aromatic rings. The van der Waals surface area contributed by atoms with Crippen molar-refractivity contribution < 1.29 is 33.4 Å². The molecule has 0 unspecified atom stereocenters. The summed E-state index contributed by atoms with van der Waals surface area (Å²) in [6, 6.07) is 7.48. The Labute approximate surface area is 246 Å². The molecule has 0 aromatic heterocycles. The van der Waals surface area contributed by atoms with Crippen molar-refractivity contribution in [2.75, 3.05) is 46.4 Å². The second-order valence-corrected chi connectivity index (χ2v) is 11.8. The number of amides is 5. The number of likely N-dealkylation sites (N-methyl/N-ethyl adjacent to an activating group) is 1. The summed E-state index contributed by atoms with van der Waals surface area (Å²) < 4.78 is 11.5. The molecule has 0 radical (unpaired) electrons. The highest BCUT2D eigenvalue weighted by Gasteiger charge is 2.39. The van der Waals surface area contributed by atoms with Crippen LogP contribution in [-0.2, 0) is 39.9 Å².